The molecule has 1 saturated carbocycles. The summed E-state index contributed by atoms with van der Waals surface area (Å²) < 4.78 is 63.4. The molecule has 2 aliphatic rings. The van der Waals surface area contributed by atoms with E-state index in [4.69, 9.17) is 9.47 Å². The van der Waals surface area contributed by atoms with Gasteiger partial charge in [-0.1, -0.05) is 6.07 Å². The standard InChI is InChI=1S/C23H34F3NO3S/c1-21(2,3)31(28)27(4)20-19-14-18(30-13-12-23(24,25)26)7-6-16(19)15-22(20)10-8-17(29-5)9-11-22/h6-7,14,17,20H,8-13,15H2,1-5H3/t17-,20?,22-,31?. The van der Waals surface area contributed by atoms with Gasteiger partial charge >= 0.3 is 6.18 Å². The van der Waals surface area contributed by atoms with Crippen LogP contribution in [0.3, 0.4) is 0 Å². The normalized spacial score (nSPS) is 27.5. The molecule has 3 rings (SSSR count). The topological polar surface area (TPSA) is 44.8 Å². The van der Waals surface area contributed by atoms with Crippen LogP contribution in [0, 0.1) is 5.41 Å². The number of halogens is 3. The fourth-order valence-electron chi connectivity index (χ4n) is 5.13. The van der Waals surface area contributed by atoms with Crippen LogP contribution in [0.2, 0.25) is 0 Å². The summed E-state index contributed by atoms with van der Waals surface area (Å²) in [5.41, 5.74) is 2.14. The predicted octanol–water partition coefficient (Wildman–Crippen LogP) is 5.58. The van der Waals surface area contributed by atoms with Crippen molar-refractivity contribution < 1.29 is 27.2 Å². The molecule has 31 heavy (non-hydrogen) atoms. The lowest BCUT2D eigenvalue weighted by Gasteiger charge is -2.45. The minimum Gasteiger partial charge on any atom is -0.597 e. The molecule has 8 heteroatoms. The molecule has 0 aromatic heterocycles. The Kier molecular flexibility index (Phi) is 7.26. The Morgan fingerprint density at radius 3 is 2.39 bits per heavy atom. The number of hydrogen-bond donors (Lipinski definition) is 0. The van der Waals surface area contributed by atoms with E-state index in [0.717, 1.165) is 37.7 Å². The molecule has 0 saturated heterocycles. The van der Waals surface area contributed by atoms with Crippen LogP contribution in [0.15, 0.2) is 18.2 Å². The second kappa shape index (κ2) is 9.12. The predicted molar refractivity (Wildman–Crippen MR) is 116 cm³/mol. The fourth-order valence-corrected chi connectivity index (χ4v) is 6.52. The number of rotatable bonds is 6. The summed E-state index contributed by atoms with van der Waals surface area (Å²) in [5, 5.41) is 0. The lowest BCUT2D eigenvalue weighted by molar-refractivity contribution is -0.139. The van der Waals surface area contributed by atoms with E-state index in [0.29, 0.717) is 5.75 Å². The largest absolute Gasteiger partial charge is 0.597 e. The van der Waals surface area contributed by atoms with Gasteiger partial charge < -0.3 is 14.0 Å². The van der Waals surface area contributed by atoms with Crippen LogP contribution in [0.4, 0.5) is 13.2 Å². The molecule has 1 fully saturated rings. The average Bonchev–Trinajstić information content (AvgIpc) is 2.98. The van der Waals surface area contributed by atoms with E-state index in [1.807, 2.05) is 44.3 Å². The van der Waals surface area contributed by atoms with Gasteiger partial charge in [0, 0.05) is 25.5 Å². The second-order valence-electron chi connectivity index (χ2n) is 9.86. The first-order valence-electron chi connectivity index (χ1n) is 10.9. The number of methoxy groups -OCH3 is 1. The van der Waals surface area contributed by atoms with Crippen LogP contribution >= 0.6 is 0 Å². The summed E-state index contributed by atoms with van der Waals surface area (Å²) in [6.07, 6.45) is -0.288. The number of fused-ring (bicyclic) bond motifs is 1. The zero-order valence-corrected chi connectivity index (χ0v) is 19.9. The van der Waals surface area contributed by atoms with Gasteiger partial charge in [-0.05, 0) is 81.5 Å². The molecule has 0 N–H and O–H groups in total. The maximum absolute atomic E-state index is 13.3. The minimum absolute atomic E-state index is 0.0579. The van der Waals surface area contributed by atoms with Crippen molar-refractivity contribution in [1.29, 1.82) is 0 Å². The van der Waals surface area contributed by atoms with Gasteiger partial charge in [-0.2, -0.15) is 13.2 Å². The van der Waals surface area contributed by atoms with Crippen LogP contribution < -0.4 is 4.74 Å². The summed E-state index contributed by atoms with van der Waals surface area (Å²) in [6.45, 7) is 5.47. The van der Waals surface area contributed by atoms with Crippen LogP contribution in [-0.2, 0) is 22.5 Å². The Bertz CT molecular complexity index is 757. The van der Waals surface area contributed by atoms with E-state index in [1.54, 1.807) is 13.2 Å². The highest BCUT2D eigenvalue weighted by molar-refractivity contribution is 7.90. The van der Waals surface area contributed by atoms with E-state index in [2.05, 4.69) is 0 Å². The highest BCUT2D eigenvalue weighted by Gasteiger charge is 2.53. The van der Waals surface area contributed by atoms with Gasteiger partial charge in [-0.25, -0.2) is 0 Å². The number of benzene rings is 1. The van der Waals surface area contributed by atoms with E-state index in [9.17, 15) is 17.7 Å². The number of alkyl halides is 3. The molecular weight excluding hydrogens is 427 g/mol. The first-order valence-corrected chi connectivity index (χ1v) is 12.0. The van der Waals surface area contributed by atoms with Gasteiger partial charge in [0.15, 0.2) is 0 Å². The lowest BCUT2D eigenvalue weighted by atomic mass is 9.68. The average molecular weight is 462 g/mol. The highest BCUT2D eigenvalue weighted by Crippen LogP contribution is 2.58. The molecule has 0 amide bonds. The van der Waals surface area contributed by atoms with E-state index in [1.165, 1.54) is 5.56 Å². The molecule has 4 nitrogen and oxygen atoms in total. The third kappa shape index (κ3) is 5.52. The molecule has 0 bridgehead atoms. The van der Waals surface area contributed by atoms with Crippen molar-refractivity contribution in [3.8, 4) is 5.75 Å². The maximum atomic E-state index is 13.3. The first kappa shape index (κ1) is 24.7. The first-order chi connectivity index (χ1) is 14.4. The van der Waals surface area contributed by atoms with Crippen molar-refractivity contribution in [2.24, 2.45) is 5.41 Å². The Labute approximate surface area is 186 Å². The monoisotopic (exact) mass is 461 g/mol. The Hall–Kier alpha value is -0.960. The molecule has 2 atom stereocenters. The molecule has 1 aromatic rings. The van der Waals surface area contributed by atoms with E-state index >= 15 is 0 Å². The van der Waals surface area contributed by atoms with Crippen molar-refractivity contribution in [2.75, 3.05) is 20.8 Å². The summed E-state index contributed by atoms with van der Waals surface area (Å²) in [6, 6.07) is 5.51. The third-order valence-corrected chi connectivity index (χ3v) is 8.38. The SMILES string of the molecule is CO[C@H]1CC[C@]2(CC1)Cc1ccc(OCCC(F)(F)F)cc1C2N(C)[S+]([O-])C(C)(C)C. The smallest absolute Gasteiger partial charge is 0.392 e. The number of ether oxygens (including phenoxy) is 2. The molecule has 176 valence electrons. The number of nitrogens with zero attached hydrogens (tertiary/aromatic N) is 1. The summed E-state index contributed by atoms with van der Waals surface area (Å²) in [4.78, 5) is 0. The lowest BCUT2D eigenvalue weighted by Crippen LogP contribution is -2.48. The highest BCUT2D eigenvalue weighted by atomic mass is 32.2. The van der Waals surface area contributed by atoms with Crippen molar-refractivity contribution in [3.63, 3.8) is 0 Å². The van der Waals surface area contributed by atoms with Gasteiger partial charge in [0.25, 0.3) is 0 Å². The Morgan fingerprint density at radius 1 is 1.19 bits per heavy atom. The van der Waals surface area contributed by atoms with Gasteiger partial charge in [-0.15, -0.1) is 4.31 Å². The second-order valence-corrected chi connectivity index (χ2v) is 12.2. The molecule has 1 spiro atoms. The third-order valence-electron chi connectivity index (χ3n) is 6.60. The molecular formula is C23H34F3NO3S. The minimum atomic E-state index is -4.24. The number of hydrogen-bond acceptors (Lipinski definition) is 4. The van der Waals surface area contributed by atoms with Crippen molar-refractivity contribution in [2.45, 2.75) is 82.4 Å². The Morgan fingerprint density at radius 2 is 1.84 bits per heavy atom. The zero-order valence-electron chi connectivity index (χ0n) is 19.1. The van der Waals surface area contributed by atoms with Crippen LogP contribution in [0.5, 0.6) is 5.75 Å². The van der Waals surface area contributed by atoms with E-state index < -0.39 is 35.3 Å². The van der Waals surface area contributed by atoms with Crippen molar-refractivity contribution in [3.05, 3.63) is 29.3 Å². The zero-order chi connectivity index (χ0) is 23.0. The van der Waals surface area contributed by atoms with Gasteiger partial charge in [-0.3, -0.25) is 0 Å². The molecule has 2 unspecified atom stereocenters. The van der Waals surface area contributed by atoms with Crippen LogP contribution in [-0.4, -0.2) is 46.6 Å². The van der Waals surface area contributed by atoms with Gasteiger partial charge in [0.05, 0.1) is 25.2 Å². The van der Waals surface area contributed by atoms with Crippen LogP contribution in [0.1, 0.15) is 70.0 Å². The molecule has 0 heterocycles. The molecule has 0 radical (unpaired) electrons. The molecule has 2 aliphatic carbocycles. The quantitative estimate of drug-likeness (QED) is 0.519. The van der Waals surface area contributed by atoms with Crippen LogP contribution in [0.25, 0.3) is 0 Å². The molecule has 1 aromatic carbocycles. The maximum Gasteiger partial charge on any atom is 0.392 e. The fraction of sp³-hybridized carbons (Fsp3) is 0.739. The van der Waals surface area contributed by atoms with E-state index in [-0.39, 0.29) is 17.6 Å². The molecule has 0 aliphatic heterocycles. The van der Waals surface area contributed by atoms with Crippen molar-refractivity contribution in [1.82, 2.24) is 4.31 Å². The summed E-state index contributed by atoms with van der Waals surface area (Å²) in [5.74, 6) is 0.436. The van der Waals surface area contributed by atoms with Crippen molar-refractivity contribution >= 4 is 11.4 Å². The Balaban J connectivity index is 1.90. The summed E-state index contributed by atoms with van der Waals surface area (Å²) in [7, 11) is 3.65. The van der Waals surface area contributed by atoms with Gasteiger partial charge in [0.1, 0.15) is 10.5 Å². The summed E-state index contributed by atoms with van der Waals surface area (Å²) >= 11 is -1.23. The van der Waals surface area contributed by atoms with Gasteiger partial charge in [0.2, 0.25) is 0 Å².